The van der Waals surface area contributed by atoms with E-state index in [1.807, 2.05) is 24.3 Å². The molecule has 2 aliphatic rings. The number of benzene rings is 1. The van der Waals surface area contributed by atoms with Gasteiger partial charge in [-0.15, -0.1) is 0 Å². The summed E-state index contributed by atoms with van der Waals surface area (Å²) in [6, 6.07) is 10.2. The summed E-state index contributed by atoms with van der Waals surface area (Å²) in [5.41, 5.74) is 1.47. The summed E-state index contributed by atoms with van der Waals surface area (Å²) in [5.74, 6) is 0. The number of nitrogens with zero attached hydrogens (tertiary/aromatic N) is 2. The van der Waals surface area contributed by atoms with Gasteiger partial charge in [0.15, 0.2) is 0 Å². The molecular weight excluding hydrogens is 288 g/mol. The summed E-state index contributed by atoms with van der Waals surface area (Å²) in [6.45, 7) is 4.58. The Morgan fingerprint density at radius 1 is 0.957 bits per heavy atom. The number of rotatable bonds is 2. The minimum absolute atomic E-state index is 0.253. The van der Waals surface area contributed by atoms with Crippen molar-refractivity contribution in [3.8, 4) is 0 Å². The van der Waals surface area contributed by atoms with Crippen LogP contribution >= 0.6 is 0 Å². The highest BCUT2D eigenvalue weighted by Crippen LogP contribution is 2.29. The van der Waals surface area contributed by atoms with E-state index in [2.05, 4.69) is 9.80 Å². The number of piperidine rings is 2. The van der Waals surface area contributed by atoms with Crippen LogP contribution in [0.5, 0.6) is 0 Å². The normalized spacial score (nSPS) is 21.0. The lowest BCUT2D eigenvalue weighted by atomic mass is 9.99. The Hall–Kier alpha value is -1.81. The number of anilines is 1. The summed E-state index contributed by atoms with van der Waals surface area (Å²) in [7, 11) is 0. The highest BCUT2D eigenvalue weighted by molar-refractivity contribution is 5.90. The minimum Gasteiger partial charge on any atom is -0.423 e. The van der Waals surface area contributed by atoms with Gasteiger partial charge in [-0.25, -0.2) is 4.79 Å². The Bertz CT molecular complexity index is 725. The first-order valence-corrected chi connectivity index (χ1v) is 8.83. The number of fused-ring (bicyclic) bond motifs is 1. The average molecular weight is 312 g/mol. The molecule has 2 saturated heterocycles. The Morgan fingerprint density at radius 3 is 2.48 bits per heavy atom. The lowest BCUT2D eigenvalue weighted by molar-refractivity contribution is 0.141. The van der Waals surface area contributed by atoms with Crippen molar-refractivity contribution in [1.29, 1.82) is 0 Å². The van der Waals surface area contributed by atoms with Crippen LogP contribution in [0.3, 0.4) is 0 Å². The van der Waals surface area contributed by atoms with E-state index >= 15 is 0 Å². The first-order chi connectivity index (χ1) is 11.3. The standard InChI is InChI=1S/C19H24N2O2/c22-19-14-17(16-6-2-3-7-18(16)23-19)21-12-8-15(9-13-21)20-10-4-1-5-11-20/h2-3,6-7,14-15H,1,4-5,8-13H2. The van der Waals surface area contributed by atoms with Crippen LogP contribution in [0.4, 0.5) is 5.69 Å². The number of likely N-dealkylation sites (tertiary alicyclic amines) is 1. The van der Waals surface area contributed by atoms with E-state index in [1.165, 1.54) is 45.2 Å². The van der Waals surface area contributed by atoms with Crippen LogP contribution in [0.25, 0.3) is 11.0 Å². The molecule has 0 spiro atoms. The van der Waals surface area contributed by atoms with Gasteiger partial charge in [-0.05, 0) is 50.9 Å². The SMILES string of the molecule is O=c1cc(N2CCC(N3CCCCC3)CC2)c2ccccc2o1. The first-order valence-electron chi connectivity index (χ1n) is 8.83. The first kappa shape index (κ1) is 14.8. The Labute approximate surface area is 136 Å². The fourth-order valence-electron chi connectivity index (χ4n) is 4.11. The fourth-order valence-corrected chi connectivity index (χ4v) is 4.11. The van der Waals surface area contributed by atoms with Gasteiger partial charge < -0.3 is 14.2 Å². The van der Waals surface area contributed by atoms with Crippen molar-refractivity contribution in [3.05, 3.63) is 40.8 Å². The van der Waals surface area contributed by atoms with Crippen molar-refractivity contribution >= 4 is 16.7 Å². The monoisotopic (exact) mass is 312 g/mol. The van der Waals surface area contributed by atoms with Gasteiger partial charge in [0.1, 0.15) is 5.58 Å². The predicted molar refractivity (Wildman–Crippen MR) is 93.1 cm³/mol. The van der Waals surface area contributed by atoms with Crippen molar-refractivity contribution in [2.24, 2.45) is 0 Å². The van der Waals surface area contributed by atoms with E-state index in [0.717, 1.165) is 30.2 Å². The minimum atomic E-state index is -0.253. The molecule has 0 aliphatic carbocycles. The third kappa shape index (κ3) is 3.00. The molecule has 0 radical (unpaired) electrons. The molecule has 4 heteroatoms. The van der Waals surface area contributed by atoms with E-state index in [9.17, 15) is 4.79 Å². The molecule has 1 aromatic heterocycles. The van der Waals surface area contributed by atoms with Gasteiger partial charge in [0, 0.05) is 30.6 Å². The van der Waals surface area contributed by atoms with Crippen LogP contribution in [0, 0.1) is 0 Å². The van der Waals surface area contributed by atoms with Gasteiger partial charge in [0.2, 0.25) is 0 Å². The molecule has 2 aliphatic heterocycles. The van der Waals surface area contributed by atoms with E-state index in [-0.39, 0.29) is 5.63 Å². The molecular formula is C19H24N2O2. The molecule has 3 heterocycles. The van der Waals surface area contributed by atoms with E-state index in [4.69, 9.17) is 4.42 Å². The lowest BCUT2D eigenvalue weighted by Gasteiger charge is -2.41. The molecule has 4 rings (SSSR count). The fraction of sp³-hybridized carbons (Fsp3) is 0.526. The average Bonchev–Trinajstić information content (AvgIpc) is 2.62. The molecule has 4 nitrogen and oxygen atoms in total. The topological polar surface area (TPSA) is 36.7 Å². The van der Waals surface area contributed by atoms with Crippen molar-refractivity contribution in [2.75, 3.05) is 31.1 Å². The van der Waals surface area contributed by atoms with Gasteiger partial charge in [-0.1, -0.05) is 18.6 Å². The van der Waals surface area contributed by atoms with Gasteiger partial charge in [0.05, 0.1) is 5.69 Å². The third-order valence-corrected chi connectivity index (χ3v) is 5.34. The van der Waals surface area contributed by atoms with Gasteiger partial charge in [-0.3, -0.25) is 0 Å². The summed E-state index contributed by atoms with van der Waals surface area (Å²) in [6.07, 6.45) is 6.47. The second-order valence-corrected chi connectivity index (χ2v) is 6.76. The highest BCUT2D eigenvalue weighted by Gasteiger charge is 2.26. The molecule has 2 aromatic rings. The quantitative estimate of drug-likeness (QED) is 0.798. The largest absolute Gasteiger partial charge is 0.423 e. The molecule has 0 amide bonds. The van der Waals surface area contributed by atoms with E-state index < -0.39 is 0 Å². The maximum absolute atomic E-state index is 11.9. The van der Waals surface area contributed by atoms with Crippen molar-refractivity contribution < 1.29 is 4.42 Å². The van der Waals surface area contributed by atoms with E-state index in [1.54, 1.807) is 6.07 Å². The smallest absolute Gasteiger partial charge is 0.338 e. The number of para-hydroxylation sites is 1. The van der Waals surface area contributed by atoms with Crippen LogP contribution in [-0.4, -0.2) is 37.1 Å². The molecule has 2 fully saturated rings. The van der Waals surface area contributed by atoms with Crippen LogP contribution in [-0.2, 0) is 0 Å². The molecule has 23 heavy (non-hydrogen) atoms. The molecule has 0 bridgehead atoms. The molecule has 0 atom stereocenters. The summed E-state index contributed by atoms with van der Waals surface area (Å²) in [4.78, 5) is 16.9. The number of hydrogen-bond acceptors (Lipinski definition) is 4. The second kappa shape index (κ2) is 6.36. The highest BCUT2D eigenvalue weighted by atomic mass is 16.4. The maximum atomic E-state index is 11.9. The third-order valence-electron chi connectivity index (χ3n) is 5.34. The zero-order valence-corrected chi connectivity index (χ0v) is 13.5. The molecule has 1 aromatic carbocycles. The van der Waals surface area contributed by atoms with Crippen molar-refractivity contribution in [2.45, 2.75) is 38.1 Å². The molecule has 122 valence electrons. The summed E-state index contributed by atoms with van der Waals surface area (Å²) >= 11 is 0. The second-order valence-electron chi connectivity index (χ2n) is 6.76. The molecule has 0 N–H and O–H groups in total. The Morgan fingerprint density at radius 2 is 1.70 bits per heavy atom. The van der Waals surface area contributed by atoms with Gasteiger partial charge in [-0.2, -0.15) is 0 Å². The van der Waals surface area contributed by atoms with Gasteiger partial charge >= 0.3 is 5.63 Å². The summed E-state index contributed by atoms with van der Waals surface area (Å²) in [5, 5.41) is 1.04. The predicted octanol–water partition coefficient (Wildman–Crippen LogP) is 3.25. The number of hydrogen-bond donors (Lipinski definition) is 0. The Kier molecular flexibility index (Phi) is 4.08. The van der Waals surface area contributed by atoms with Crippen molar-refractivity contribution in [1.82, 2.24) is 4.90 Å². The maximum Gasteiger partial charge on any atom is 0.338 e. The zero-order chi connectivity index (χ0) is 15.6. The zero-order valence-electron chi connectivity index (χ0n) is 13.5. The van der Waals surface area contributed by atoms with Crippen LogP contribution in [0.2, 0.25) is 0 Å². The van der Waals surface area contributed by atoms with Crippen LogP contribution in [0.15, 0.2) is 39.5 Å². The lowest BCUT2D eigenvalue weighted by Crippen LogP contribution is -2.46. The molecule has 0 saturated carbocycles. The van der Waals surface area contributed by atoms with Crippen LogP contribution in [0.1, 0.15) is 32.1 Å². The van der Waals surface area contributed by atoms with Gasteiger partial charge in [0.25, 0.3) is 0 Å². The van der Waals surface area contributed by atoms with Crippen LogP contribution < -0.4 is 10.5 Å². The summed E-state index contributed by atoms with van der Waals surface area (Å²) < 4.78 is 5.32. The Balaban J connectivity index is 1.53. The van der Waals surface area contributed by atoms with E-state index in [0.29, 0.717) is 5.58 Å². The molecule has 0 unspecified atom stereocenters. The van der Waals surface area contributed by atoms with Crippen molar-refractivity contribution in [3.63, 3.8) is 0 Å².